The molecular weight excluding hydrogens is 665 g/mol. The smallest absolute Gasteiger partial charge is 0.0314 e. The van der Waals surface area contributed by atoms with Crippen molar-refractivity contribution in [1.82, 2.24) is 0 Å². The molecule has 0 fully saturated rings. The lowest BCUT2D eigenvalue weighted by atomic mass is 9.92. The summed E-state index contributed by atoms with van der Waals surface area (Å²) < 4.78 is 0. The molecule has 55 heavy (non-hydrogen) atoms. The van der Waals surface area contributed by atoms with E-state index in [-0.39, 0.29) is 0 Å². The second-order valence-electron chi connectivity index (χ2n) is 16.8. The lowest BCUT2D eigenvalue weighted by molar-refractivity contribution is 0.536. The molecule has 2 heteroatoms. The van der Waals surface area contributed by atoms with Gasteiger partial charge in [0.05, 0.1) is 0 Å². The molecule has 2 nitrogen and oxygen atoms in total. The van der Waals surface area contributed by atoms with Crippen molar-refractivity contribution in [3.63, 3.8) is 0 Å². The van der Waals surface area contributed by atoms with Crippen molar-refractivity contribution in [1.29, 1.82) is 0 Å². The molecule has 0 atom stereocenters. The number of nitrogen functional groups attached to an aromatic ring is 2. The van der Waals surface area contributed by atoms with Gasteiger partial charge in [0.1, 0.15) is 0 Å². The van der Waals surface area contributed by atoms with Crippen molar-refractivity contribution >= 4 is 11.4 Å². The van der Waals surface area contributed by atoms with Crippen LogP contribution >= 0.6 is 0 Å². The molecule has 300 valence electrons. The summed E-state index contributed by atoms with van der Waals surface area (Å²) in [5, 5.41) is 0. The van der Waals surface area contributed by atoms with Gasteiger partial charge in [0.25, 0.3) is 0 Å². The summed E-state index contributed by atoms with van der Waals surface area (Å²) in [6.07, 6.45) is 35.5. The number of nitrogens with two attached hydrogens (primary N) is 2. The fraction of sp³-hybridized carbons (Fsp3) is 0.547. The van der Waals surface area contributed by atoms with E-state index in [4.69, 9.17) is 11.5 Å². The Labute approximate surface area is 338 Å². The molecule has 0 spiro atoms. The first-order chi connectivity index (χ1) is 27.0. The van der Waals surface area contributed by atoms with Crippen molar-refractivity contribution in [3.8, 4) is 0 Å². The number of anilines is 2. The Morgan fingerprint density at radius 3 is 0.927 bits per heavy atom. The van der Waals surface area contributed by atoms with Gasteiger partial charge in [-0.3, -0.25) is 0 Å². The monoisotopic (exact) mass is 743 g/mol. The average molecular weight is 743 g/mol. The molecule has 0 bridgehead atoms. The van der Waals surface area contributed by atoms with Gasteiger partial charge in [-0.25, -0.2) is 0 Å². The first-order valence-corrected chi connectivity index (χ1v) is 22.9. The summed E-state index contributed by atoms with van der Waals surface area (Å²) in [4.78, 5) is 0. The zero-order valence-electron chi connectivity index (χ0n) is 35.3. The maximum Gasteiger partial charge on any atom is 0.0314 e. The van der Waals surface area contributed by atoms with Gasteiger partial charge >= 0.3 is 0 Å². The van der Waals surface area contributed by atoms with E-state index in [0.29, 0.717) is 0 Å². The van der Waals surface area contributed by atoms with Crippen LogP contribution in [0.4, 0.5) is 11.4 Å². The maximum atomic E-state index is 5.93. The zero-order valence-corrected chi connectivity index (χ0v) is 35.3. The molecule has 0 aromatic heterocycles. The summed E-state index contributed by atoms with van der Waals surface area (Å²) in [5.74, 6) is 0. The van der Waals surface area contributed by atoms with Crippen LogP contribution in [0, 0.1) is 0 Å². The van der Waals surface area contributed by atoms with Crippen LogP contribution in [0.3, 0.4) is 0 Å². The van der Waals surface area contributed by atoms with Gasteiger partial charge in [0.15, 0.2) is 0 Å². The number of aryl methyl sites for hydroxylation is 4. The number of unbranched alkanes of at least 4 members (excludes halogenated alkanes) is 18. The molecule has 0 aliphatic carbocycles. The molecule has 0 heterocycles. The summed E-state index contributed by atoms with van der Waals surface area (Å²) in [6.45, 7) is 4.60. The van der Waals surface area contributed by atoms with E-state index < -0.39 is 0 Å². The Balaban J connectivity index is 1.03. The molecule has 0 saturated carbocycles. The third-order valence-corrected chi connectivity index (χ3v) is 11.8. The molecule has 0 aliphatic heterocycles. The van der Waals surface area contributed by atoms with Crippen molar-refractivity contribution in [3.05, 3.63) is 129 Å². The second kappa shape index (κ2) is 27.1. The normalized spacial score (nSPS) is 11.4. The highest BCUT2D eigenvalue weighted by molar-refractivity contribution is 5.43. The molecule has 0 radical (unpaired) electrons. The lowest BCUT2D eigenvalue weighted by Crippen LogP contribution is -1.99. The van der Waals surface area contributed by atoms with Gasteiger partial charge in [0, 0.05) is 11.4 Å². The minimum absolute atomic E-state index is 0.846. The van der Waals surface area contributed by atoms with Crippen LogP contribution in [0.25, 0.3) is 0 Å². The topological polar surface area (TPSA) is 52.0 Å². The van der Waals surface area contributed by atoms with E-state index in [0.717, 1.165) is 24.2 Å². The van der Waals surface area contributed by atoms with Gasteiger partial charge in [0.2, 0.25) is 0 Å². The predicted molar refractivity (Wildman–Crippen MR) is 243 cm³/mol. The third-order valence-electron chi connectivity index (χ3n) is 11.8. The molecule has 0 saturated heterocycles. The number of rotatable bonds is 30. The van der Waals surface area contributed by atoms with E-state index in [1.807, 2.05) is 24.3 Å². The quantitative estimate of drug-likeness (QED) is 0.0413. The first-order valence-electron chi connectivity index (χ1n) is 22.9. The second-order valence-corrected chi connectivity index (χ2v) is 16.8. The van der Waals surface area contributed by atoms with Gasteiger partial charge in [-0.2, -0.15) is 0 Å². The lowest BCUT2D eigenvalue weighted by Gasteiger charge is -2.13. The van der Waals surface area contributed by atoms with E-state index >= 15 is 0 Å². The standard InChI is InChI=1S/C53H78N2/c1-3-5-7-22-26-48-40-44(28-34-50(48)42-46-30-36-52(54)37-31-46)24-20-18-16-14-12-10-9-11-13-15-17-19-21-25-45-29-35-51(43-47-32-38-53(55)39-33-47)49(41-45)27-23-8-6-4-2/h28-41H,3-27,42-43,54-55H2,1-2H3. The van der Waals surface area contributed by atoms with Gasteiger partial charge < -0.3 is 11.5 Å². The maximum absolute atomic E-state index is 5.93. The summed E-state index contributed by atoms with van der Waals surface area (Å²) >= 11 is 0. The predicted octanol–water partition coefficient (Wildman–Crippen LogP) is 15.1. The van der Waals surface area contributed by atoms with E-state index in [1.54, 1.807) is 11.1 Å². The zero-order chi connectivity index (χ0) is 38.8. The van der Waals surface area contributed by atoms with Gasteiger partial charge in [-0.15, -0.1) is 0 Å². The molecular formula is C53H78N2. The summed E-state index contributed by atoms with van der Waals surface area (Å²) in [6, 6.07) is 31.6. The first kappa shape index (κ1) is 44.2. The van der Waals surface area contributed by atoms with Gasteiger partial charge in [-0.05, 0) is 133 Å². The molecule has 0 unspecified atom stereocenters. The van der Waals surface area contributed by atoms with Crippen LogP contribution < -0.4 is 11.5 Å². The largest absolute Gasteiger partial charge is 0.399 e. The van der Waals surface area contributed by atoms with E-state index in [1.165, 1.54) is 194 Å². The molecule has 4 N–H and O–H groups in total. The van der Waals surface area contributed by atoms with E-state index in [9.17, 15) is 0 Å². The van der Waals surface area contributed by atoms with Crippen molar-refractivity contribution in [2.45, 2.75) is 187 Å². The van der Waals surface area contributed by atoms with Crippen molar-refractivity contribution < 1.29 is 0 Å². The molecule has 0 amide bonds. The molecule has 4 aromatic rings. The van der Waals surface area contributed by atoms with Crippen LogP contribution in [0.15, 0.2) is 84.9 Å². The van der Waals surface area contributed by atoms with Crippen LogP contribution in [-0.4, -0.2) is 0 Å². The highest BCUT2D eigenvalue weighted by Gasteiger charge is 2.09. The Morgan fingerprint density at radius 2 is 0.582 bits per heavy atom. The molecule has 4 rings (SSSR count). The minimum atomic E-state index is 0.846. The third kappa shape index (κ3) is 18.3. The van der Waals surface area contributed by atoms with Crippen molar-refractivity contribution in [2.24, 2.45) is 0 Å². The molecule has 0 aliphatic rings. The number of benzene rings is 4. The van der Waals surface area contributed by atoms with Crippen LogP contribution in [0.5, 0.6) is 0 Å². The van der Waals surface area contributed by atoms with Crippen LogP contribution in [0.1, 0.15) is 193 Å². The Hall–Kier alpha value is -3.52. The average Bonchev–Trinajstić information content (AvgIpc) is 3.20. The molecule has 4 aromatic carbocycles. The number of hydrogen-bond donors (Lipinski definition) is 2. The fourth-order valence-electron chi connectivity index (χ4n) is 8.28. The van der Waals surface area contributed by atoms with Crippen LogP contribution in [0.2, 0.25) is 0 Å². The number of hydrogen-bond acceptors (Lipinski definition) is 2. The highest BCUT2D eigenvalue weighted by atomic mass is 14.5. The fourth-order valence-corrected chi connectivity index (χ4v) is 8.28. The SMILES string of the molecule is CCCCCCc1cc(CCCCCCCCCCCCCCCc2ccc(Cc3ccc(N)cc3)c(CCCCCC)c2)ccc1Cc1ccc(N)cc1. The summed E-state index contributed by atoms with van der Waals surface area (Å²) in [7, 11) is 0. The van der Waals surface area contributed by atoms with Gasteiger partial charge in [-0.1, -0.05) is 184 Å². The van der Waals surface area contributed by atoms with Crippen LogP contribution in [-0.2, 0) is 38.5 Å². The minimum Gasteiger partial charge on any atom is -0.399 e. The Morgan fingerprint density at radius 1 is 0.291 bits per heavy atom. The Kier molecular flexibility index (Phi) is 21.8. The van der Waals surface area contributed by atoms with Crippen molar-refractivity contribution in [2.75, 3.05) is 11.5 Å². The Bertz CT molecular complexity index is 1450. The summed E-state index contributed by atoms with van der Waals surface area (Å²) in [5.41, 5.74) is 25.5. The highest BCUT2D eigenvalue weighted by Crippen LogP contribution is 2.24. The van der Waals surface area contributed by atoms with E-state index in [2.05, 4.69) is 74.5 Å².